The van der Waals surface area contributed by atoms with E-state index in [-0.39, 0.29) is 5.91 Å². The highest BCUT2D eigenvalue weighted by Gasteiger charge is 2.39. The molecule has 4 rings (SSSR count). The minimum atomic E-state index is -0.491. The fraction of sp³-hybridized carbons (Fsp3) is 0.182. The molecule has 1 aromatic heterocycles. The molecule has 1 aliphatic rings. The fourth-order valence-electron chi connectivity index (χ4n) is 3.39. The second-order valence-corrected chi connectivity index (χ2v) is 6.42. The molecule has 0 aliphatic carbocycles. The molecule has 0 bridgehead atoms. The summed E-state index contributed by atoms with van der Waals surface area (Å²) in [6.07, 6.45) is 1.19. The van der Waals surface area contributed by atoms with Crippen LogP contribution < -0.4 is 24.4 Å². The Morgan fingerprint density at radius 2 is 1.66 bits per heavy atom. The van der Waals surface area contributed by atoms with Gasteiger partial charge in [-0.05, 0) is 48.5 Å². The number of rotatable bonds is 6. The summed E-state index contributed by atoms with van der Waals surface area (Å²) < 4.78 is 16.0. The minimum absolute atomic E-state index is 0.122. The van der Waals surface area contributed by atoms with Crippen LogP contribution in [0, 0.1) is 0 Å². The Kier molecular flexibility index (Phi) is 4.95. The number of fused-ring (bicyclic) bond motifs is 1. The maximum Gasteiger partial charge on any atom is 0.262 e. The quantitative estimate of drug-likeness (QED) is 0.688. The van der Waals surface area contributed by atoms with Crippen LogP contribution in [0.3, 0.4) is 0 Å². The van der Waals surface area contributed by atoms with Crippen molar-refractivity contribution in [2.24, 2.45) is 0 Å². The van der Waals surface area contributed by atoms with E-state index in [9.17, 15) is 4.79 Å². The summed E-state index contributed by atoms with van der Waals surface area (Å²) in [6, 6.07) is 16.4. The van der Waals surface area contributed by atoms with Crippen LogP contribution in [0.15, 0.2) is 60.8 Å². The number of pyridine rings is 1. The molecule has 0 saturated carbocycles. The van der Waals surface area contributed by atoms with Crippen molar-refractivity contribution in [3.8, 4) is 17.2 Å². The van der Waals surface area contributed by atoms with Gasteiger partial charge >= 0.3 is 0 Å². The lowest BCUT2D eigenvalue weighted by Crippen LogP contribution is -2.32. The standard InChI is InChI=1S/C22H21N3O4/c1-27-15-8-6-14(7-9-15)25-21(20-17(22(25)26)5-4-12-23-20)24-18-11-10-16(28-2)13-19(18)29-3/h4-13,21,24H,1-3H3. The fourth-order valence-corrected chi connectivity index (χ4v) is 3.39. The van der Waals surface area contributed by atoms with Gasteiger partial charge in [0, 0.05) is 18.0 Å². The normalized spacial score (nSPS) is 15.1. The number of hydrogen-bond donors (Lipinski definition) is 1. The van der Waals surface area contributed by atoms with Gasteiger partial charge in [0.15, 0.2) is 6.17 Å². The van der Waals surface area contributed by atoms with Crippen molar-refractivity contribution < 1.29 is 19.0 Å². The van der Waals surface area contributed by atoms with E-state index in [0.717, 1.165) is 17.1 Å². The number of ether oxygens (including phenoxy) is 3. The van der Waals surface area contributed by atoms with Gasteiger partial charge in [-0.2, -0.15) is 0 Å². The predicted molar refractivity (Wildman–Crippen MR) is 110 cm³/mol. The predicted octanol–water partition coefficient (Wildman–Crippen LogP) is 3.88. The second kappa shape index (κ2) is 7.71. The molecule has 0 saturated heterocycles. The van der Waals surface area contributed by atoms with Gasteiger partial charge in [-0.3, -0.25) is 14.7 Å². The first kappa shape index (κ1) is 18.6. The van der Waals surface area contributed by atoms with E-state index in [0.29, 0.717) is 22.8 Å². The van der Waals surface area contributed by atoms with Crippen molar-refractivity contribution in [1.29, 1.82) is 0 Å². The molecule has 2 aromatic carbocycles. The van der Waals surface area contributed by atoms with Gasteiger partial charge in [0.05, 0.1) is 38.3 Å². The zero-order valence-electron chi connectivity index (χ0n) is 16.4. The summed E-state index contributed by atoms with van der Waals surface area (Å²) in [5.41, 5.74) is 2.68. The SMILES string of the molecule is COc1ccc(N2C(=O)c3cccnc3C2Nc2ccc(OC)cc2OC)cc1. The van der Waals surface area contributed by atoms with Crippen molar-refractivity contribution in [1.82, 2.24) is 4.98 Å². The third-order valence-electron chi connectivity index (χ3n) is 4.86. The molecule has 2 heterocycles. The highest BCUT2D eigenvalue weighted by molar-refractivity contribution is 6.11. The van der Waals surface area contributed by atoms with E-state index in [1.165, 1.54) is 0 Å². The van der Waals surface area contributed by atoms with Crippen molar-refractivity contribution in [2.45, 2.75) is 6.17 Å². The summed E-state index contributed by atoms with van der Waals surface area (Å²) in [6.45, 7) is 0. The zero-order chi connectivity index (χ0) is 20.4. The number of benzene rings is 2. The second-order valence-electron chi connectivity index (χ2n) is 6.42. The Labute approximate surface area is 168 Å². The zero-order valence-corrected chi connectivity index (χ0v) is 16.4. The topological polar surface area (TPSA) is 72.9 Å². The van der Waals surface area contributed by atoms with Crippen LogP contribution in [0.25, 0.3) is 0 Å². The average molecular weight is 391 g/mol. The summed E-state index contributed by atoms with van der Waals surface area (Å²) in [5.74, 6) is 1.89. The minimum Gasteiger partial charge on any atom is -0.497 e. The van der Waals surface area contributed by atoms with E-state index in [2.05, 4.69) is 10.3 Å². The Bertz CT molecular complexity index is 1040. The number of carbonyl (C=O) groups is 1. The van der Waals surface area contributed by atoms with Crippen LogP contribution in [-0.2, 0) is 0 Å². The lowest BCUT2D eigenvalue weighted by atomic mass is 10.2. The van der Waals surface area contributed by atoms with E-state index < -0.39 is 6.17 Å². The number of nitrogens with zero attached hydrogens (tertiary/aromatic N) is 2. The van der Waals surface area contributed by atoms with E-state index in [1.54, 1.807) is 50.6 Å². The molecule has 148 valence electrons. The molecule has 1 N–H and O–H groups in total. The number of aromatic nitrogens is 1. The van der Waals surface area contributed by atoms with Crippen molar-refractivity contribution >= 4 is 17.3 Å². The molecule has 7 heteroatoms. The third kappa shape index (κ3) is 3.31. The molecule has 3 aromatic rings. The molecule has 0 fully saturated rings. The van der Waals surface area contributed by atoms with Crippen molar-refractivity contribution in [2.75, 3.05) is 31.5 Å². The highest BCUT2D eigenvalue weighted by atomic mass is 16.5. The average Bonchev–Trinajstić information content (AvgIpc) is 3.06. The van der Waals surface area contributed by atoms with Gasteiger partial charge < -0.3 is 19.5 Å². The molecule has 1 amide bonds. The maximum atomic E-state index is 13.2. The summed E-state index contributed by atoms with van der Waals surface area (Å²) in [7, 11) is 4.80. The first-order valence-corrected chi connectivity index (χ1v) is 9.07. The molecule has 1 atom stereocenters. The van der Waals surface area contributed by atoms with Crippen molar-refractivity contribution in [3.05, 3.63) is 72.1 Å². The highest BCUT2D eigenvalue weighted by Crippen LogP contribution is 2.39. The molecule has 0 spiro atoms. The van der Waals surface area contributed by atoms with E-state index in [4.69, 9.17) is 14.2 Å². The molecular formula is C22H21N3O4. The summed E-state index contributed by atoms with van der Waals surface area (Å²) in [5, 5.41) is 3.41. The first-order chi connectivity index (χ1) is 14.2. The first-order valence-electron chi connectivity index (χ1n) is 9.07. The Hall–Kier alpha value is -3.74. The molecule has 1 aliphatic heterocycles. The third-order valence-corrected chi connectivity index (χ3v) is 4.86. The monoisotopic (exact) mass is 391 g/mol. The van der Waals surface area contributed by atoms with Crippen LogP contribution in [-0.4, -0.2) is 32.2 Å². The lowest BCUT2D eigenvalue weighted by molar-refractivity contribution is 0.0993. The smallest absolute Gasteiger partial charge is 0.262 e. The molecular weight excluding hydrogens is 370 g/mol. The molecule has 7 nitrogen and oxygen atoms in total. The maximum absolute atomic E-state index is 13.2. The lowest BCUT2D eigenvalue weighted by Gasteiger charge is -2.27. The van der Waals surface area contributed by atoms with Gasteiger partial charge in [-0.1, -0.05) is 0 Å². The van der Waals surface area contributed by atoms with Crippen molar-refractivity contribution in [3.63, 3.8) is 0 Å². The van der Waals surface area contributed by atoms with E-state index in [1.807, 2.05) is 36.4 Å². The van der Waals surface area contributed by atoms with Crippen LogP contribution in [0.1, 0.15) is 22.2 Å². The number of methoxy groups -OCH3 is 3. The number of amides is 1. The number of anilines is 2. The van der Waals surface area contributed by atoms with Crippen LogP contribution in [0.5, 0.6) is 17.2 Å². The van der Waals surface area contributed by atoms with Gasteiger partial charge in [0.1, 0.15) is 17.2 Å². The van der Waals surface area contributed by atoms with Crippen LogP contribution in [0.4, 0.5) is 11.4 Å². The summed E-state index contributed by atoms with van der Waals surface area (Å²) in [4.78, 5) is 19.3. The van der Waals surface area contributed by atoms with Gasteiger partial charge in [-0.15, -0.1) is 0 Å². The molecule has 1 unspecified atom stereocenters. The number of hydrogen-bond acceptors (Lipinski definition) is 6. The Morgan fingerprint density at radius 3 is 2.34 bits per heavy atom. The molecule has 0 radical (unpaired) electrons. The summed E-state index contributed by atoms with van der Waals surface area (Å²) >= 11 is 0. The van der Waals surface area contributed by atoms with Gasteiger partial charge in [0.2, 0.25) is 0 Å². The number of nitrogens with one attached hydrogen (secondary N) is 1. The van der Waals surface area contributed by atoms with E-state index >= 15 is 0 Å². The van der Waals surface area contributed by atoms with Crippen LogP contribution in [0.2, 0.25) is 0 Å². The van der Waals surface area contributed by atoms with Crippen LogP contribution >= 0.6 is 0 Å². The number of carbonyl (C=O) groups excluding carboxylic acids is 1. The Morgan fingerprint density at radius 1 is 0.931 bits per heavy atom. The van der Waals surface area contributed by atoms with Gasteiger partial charge in [-0.25, -0.2) is 0 Å². The molecule has 29 heavy (non-hydrogen) atoms. The Balaban J connectivity index is 1.76. The van der Waals surface area contributed by atoms with Gasteiger partial charge in [0.25, 0.3) is 5.91 Å². The largest absolute Gasteiger partial charge is 0.497 e.